The Labute approximate surface area is 141 Å². The molecular formula is C12H11F3N6O3S. The first-order valence-corrected chi connectivity index (χ1v) is 7.59. The molecule has 3 rings (SSSR count). The van der Waals surface area contributed by atoms with E-state index in [0.717, 1.165) is 30.0 Å². The van der Waals surface area contributed by atoms with Crippen LogP contribution in [0, 0.1) is 6.92 Å². The number of carbonyl (C=O) groups excluding carboxylic acids is 1. The lowest BCUT2D eigenvalue weighted by Crippen LogP contribution is -2.57. The van der Waals surface area contributed by atoms with Crippen LogP contribution in [0.25, 0.3) is 0 Å². The molecule has 25 heavy (non-hydrogen) atoms. The number of fused-ring (bicyclic) bond motifs is 1. The highest BCUT2D eigenvalue weighted by Crippen LogP contribution is 2.47. The number of aryl methyl sites for hydroxylation is 1. The van der Waals surface area contributed by atoms with Crippen LogP contribution in [0.5, 0.6) is 0 Å². The maximum absolute atomic E-state index is 14.0. The minimum absolute atomic E-state index is 0.284. The highest BCUT2D eigenvalue weighted by Gasteiger charge is 2.68. The van der Waals surface area contributed by atoms with Crippen molar-refractivity contribution in [2.45, 2.75) is 18.6 Å². The highest BCUT2D eigenvalue weighted by atomic mass is 32.1. The van der Waals surface area contributed by atoms with Gasteiger partial charge >= 0.3 is 11.9 Å². The number of aromatic nitrogens is 4. The summed E-state index contributed by atoms with van der Waals surface area (Å²) >= 11 is 0.793. The summed E-state index contributed by atoms with van der Waals surface area (Å²) in [5.74, 6) is -2.04. The van der Waals surface area contributed by atoms with Gasteiger partial charge in [0.2, 0.25) is 10.7 Å². The fourth-order valence-electron chi connectivity index (χ4n) is 2.61. The third kappa shape index (κ3) is 2.18. The molecule has 2 aromatic rings. The Morgan fingerprint density at radius 1 is 1.16 bits per heavy atom. The first-order chi connectivity index (χ1) is 11.5. The summed E-state index contributed by atoms with van der Waals surface area (Å²) < 4.78 is 43.2. The zero-order valence-corrected chi connectivity index (χ0v) is 13.9. The number of halogens is 3. The van der Waals surface area contributed by atoms with Gasteiger partial charge in [0.1, 0.15) is 16.4 Å². The first-order valence-electron chi connectivity index (χ1n) is 6.77. The van der Waals surface area contributed by atoms with Crippen molar-refractivity contribution in [3.8, 4) is 0 Å². The van der Waals surface area contributed by atoms with E-state index in [1.54, 1.807) is 0 Å². The Morgan fingerprint density at radius 2 is 1.80 bits per heavy atom. The lowest BCUT2D eigenvalue weighted by molar-refractivity contribution is -0.184. The lowest BCUT2D eigenvalue weighted by Gasteiger charge is -2.29. The molecule has 0 aromatic carbocycles. The quantitative estimate of drug-likeness (QED) is 0.767. The smallest absolute Gasteiger partial charge is 0.334 e. The van der Waals surface area contributed by atoms with Gasteiger partial charge in [0, 0.05) is 14.1 Å². The summed E-state index contributed by atoms with van der Waals surface area (Å²) in [6, 6.07) is 0. The molecule has 0 saturated heterocycles. The molecule has 0 fully saturated rings. The number of carbonyl (C=O) groups is 1. The molecule has 134 valence electrons. The molecule has 2 N–H and O–H groups in total. The van der Waals surface area contributed by atoms with Crippen LogP contribution in [0.1, 0.15) is 10.6 Å². The summed E-state index contributed by atoms with van der Waals surface area (Å²) in [6.45, 7) is 1.52. The number of nitrogens with zero attached hydrogens (tertiary/aromatic N) is 4. The van der Waals surface area contributed by atoms with Crippen LogP contribution in [0.4, 0.5) is 24.1 Å². The van der Waals surface area contributed by atoms with Gasteiger partial charge in [-0.05, 0) is 6.92 Å². The summed E-state index contributed by atoms with van der Waals surface area (Å²) in [7, 11) is 2.19. The van der Waals surface area contributed by atoms with Gasteiger partial charge in [0.15, 0.2) is 0 Å². The molecule has 1 aliphatic rings. The van der Waals surface area contributed by atoms with Crippen LogP contribution in [0.2, 0.25) is 0 Å². The zero-order chi connectivity index (χ0) is 18.7. The van der Waals surface area contributed by atoms with Gasteiger partial charge in [-0.25, -0.2) is 4.79 Å². The predicted octanol–water partition coefficient (Wildman–Crippen LogP) is 0.0657. The van der Waals surface area contributed by atoms with Crippen LogP contribution in [-0.2, 0) is 24.4 Å². The number of anilines is 2. The second-order valence-corrected chi connectivity index (χ2v) is 6.56. The predicted molar refractivity (Wildman–Crippen MR) is 81.6 cm³/mol. The average molecular weight is 376 g/mol. The van der Waals surface area contributed by atoms with Gasteiger partial charge < -0.3 is 10.6 Å². The lowest BCUT2D eigenvalue weighted by atomic mass is 9.92. The molecule has 13 heteroatoms. The molecular weight excluding hydrogens is 365 g/mol. The summed E-state index contributed by atoms with van der Waals surface area (Å²) in [5, 5.41) is 11.2. The van der Waals surface area contributed by atoms with Crippen LogP contribution in [0.15, 0.2) is 9.59 Å². The Balaban J connectivity index is 2.38. The molecule has 1 aliphatic heterocycles. The Bertz CT molecular complexity index is 1010. The van der Waals surface area contributed by atoms with Gasteiger partial charge in [-0.15, -0.1) is 10.2 Å². The van der Waals surface area contributed by atoms with Crippen molar-refractivity contribution in [2.24, 2.45) is 14.1 Å². The zero-order valence-electron chi connectivity index (χ0n) is 13.1. The number of nitrogens with one attached hydrogen (secondary N) is 2. The van der Waals surface area contributed by atoms with E-state index in [2.05, 4.69) is 10.2 Å². The topological polar surface area (TPSA) is 111 Å². The molecule has 1 atom stereocenters. The molecule has 0 saturated carbocycles. The normalized spacial score (nSPS) is 19.7. The Kier molecular flexibility index (Phi) is 3.53. The fourth-order valence-corrected chi connectivity index (χ4v) is 3.26. The minimum atomic E-state index is -5.19. The molecule has 9 nitrogen and oxygen atoms in total. The average Bonchev–Trinajstić information content (AvgIpc) is 3.05. The standard InChI is InChI=1S/C12H11F3N6O3S/c1-4-18-19-9(25-4)17-11(12(13,14)15)5-6(16-8(11)23)20(2)10(24)21(3)7(5)22/h1-3H3,(H,16,23)(H,17,19)/t11-/m0/s1. The van der Waals surface area contributed by atoms with E-state index in [-0.39, 0.29) is 5.13 Å². The summed E-state index contributed by atoms with van der Waals surface area (Å²) in [5.41, 5.74) is -6.40. The van der Waals surface area contributed by atoms with Crippen molar-refractivity contribution in [1.82, 2.24) is 19.3 Å². The fraction of sp³-hybridized carbons (Fsp3) is 0.417. The molecule has 1 amide bonds. The maximum Gasteiger partial charge on any atom is 0.425 e. The van der Waals surface area contributed by atoms with Crippen molar-refractivity contribution < 1.29 is 18.0 Å². The molecule has 0 spiro atoms. The molecule has 0 radical (unpaired) electrons. The van der Waals surface area contributed by atoms with Crippen molar-refractivity contribution in [2.75, 3.05) is 10.6 Å². The highest BCUT2D eigenvalue weighted by molar-refractivity contribution is 7.15. The van der Waals surface area contributed by atoms with E-state index in [1.807, 2.05) is 10.6 Å². The SMILES string of the molecule is Cc1nnc(N[C@]2(C(F)(F)F)C(=O)Nc3c2c(=O)n(C)c(=O)n3C)s1. The minimum Gasteiger partial charge on any atom is -0.334 e. The number of hydrogen-bond donors (Lipinski definition) is 2. The van der Waals surface area contributed by atoms with Crippen LogP contribution in [0.3, 0.4) is 0 Å². The molecule has 0 aliphatic carbocycles. The van der Waals surface area contributed by atoms with E-state index in [1.165, 1.54) is 6.92 Å². The van der Waals surface area contributed by atoms with E-state index in [0.29, 0.717) is 9.57 Å². The van der Waals surface area contributed by atoms with Gasteiger partial charge in [-0.1, -0.05) is 11.3 Å². The van der Waals surface area contributed by atoms with E-state index in [4.69, 9.17) is 0 Å². The van der Waals surface area contributed by atoms with Gasteiger partial charge in [-0.3, -0.25) is 18.7 Å². The summed E-state index contributed by atoms with van der Waals surface area (Å²) in [4.78, 5) is 36.7. The third-order valence-electron chi connectivity index (χ3n) is 3.86. The molecule has 0 bridgehead atoms. The van der Waals surface area contributed by atoms with Gasteiger partial charge in [0.05, 0.1) is 0 Å². The second-order valence-electron chi connectivity index (χ2n) is 5.38. The number of alkyl halides is 3. The number of hydrogen-bond acceptors (Lipinski definition) is 7. The largest absolute Gasteiger partial charge is 0.425 e. The monoisotopic (exact) mass is 376 g/mol. The number of amides is 1. The summed E-state index contributed by atoms with van der Waals surface area (Å²) in [6.07, 6.45) is -5.19. The van der Waals surface area contributed by atoms with Crippen LogP contribution >= 0.6 is 11.3 Å². The van der Waals surface area contributed by atoms with Gasteiger partial charge in [0.25, 0.3) is 11.5 Å². The molecule has 2 aromatic heterocycles. The van der Waals surface area contributed by atoms with Crippen molar-refractivity contribution in [1.29, 1.82) is 0 Å². The molecule has 3 heterocycles. The van der Waals surface area contributed by atoms with E-state index >= 15 is 0 Å². The first kappa shape index (κ1) is 17.1. The van der Waals surface area contributed by atoms with Crippen molar-refractivity contribution in [3.63, 3.8) is 0 Å². The van der Waals surface area contributed by atoms with Crippen molar-refractivity contribution in [3.05, 3.63) is 31.4 Å². The Hall–Kier alpha value is -2.70. The maximum atomic E-state index is 14.0. The van der Waals surface area contributed by atoms with E-state index < -0.39 is 40.3 Å². The van der Waals surface area contributed by atoms with Crippen LogP contribution < -0.4 is 21.9 Å². The molecule has 0 unspecified atom stereocenters. The Morgan fingerprint density at radius 3 is 2.32 bits per heavy atom. The third-order valence-corrected chi connectivity index (χ3v) is 4.61. The van der Waals surface area contributed by atoms with Crippen LogP contribution in [-0.4, -0.2) is 31.4 Å². The number of rotatable bonds is 2. The van der Waals surface area contributed by atoms with E-state index in [9.17, 15) is 27.6 Å². The van der Waals surface area contributed by atoms with Gasteiger partial charge in [-0.2, -0.15) is 13.2 Å². The van der Waals surface area contributed by atoms with Crippen molar-refractivity contribution >= 4 is 28.2 Å². The second kappa shape index (κ2) is 5.15.